The minimum atomic E-state index is -0.382. The monoisotopic (exact) mass is 429 g/mol. The van der Waals surface area contributed by atoms with Crippen molar-refractivity contribution in [1.29, 1.82) is 0 Å². The van der Waals surface area contributed by atoms with E-state index in [0.717, 1.165) is 30.5 Å². The molecular weight excluding hydrogens is 398 g/mol. The lowest BCUT2D eigenvalue weighted by Crippen LogP contribution is -2.42. The summed E-state index contributed by atoms with van der Waals surface area (Å²) in [6.45, 7) is 6.66. The normalized spacial score (nSPS) is 18.1. The first-order valence-corrected chi connectivity index (χ1v) is 10.4. The van der Waals surface area contributed by atoms with Gasteiger partial charge in [-0.1, -0.05) is 37.3 Å². The molecule has 1 heterocycles. The van der Waals surface area contributed by atoms with Crippen LogP contribution >= 0.6 is 12.4 Å². The Morgan fingerprint density at radius 1 is 1.13 bits per heavy atom. The molecule has 3 N–H and O–H groups in total. The van der Waals surface area contributed by atoms with Crippen molar-refractivity contribution in [2.45, 2.75) is 52.1 Å². The van der Waals surface area contributed by atoms with Crippen LogP contribution in [0, 0.1) is 12.8 Å². The molecule has 0 saturated carbocycles. The fourth-order valence-corrected chi connectivity index (χ4v) is 3.88. The van der Waals surface area contributed by atoms with E-state index in [1.54, 1.807) is 6.07 Å². The molecule has 5 nitrogen and oxygen atoms in total. The number of hydrogen-bond acceptors (Lipinski definition) is 3. The van der Waals surface area contributed by atoms with Crippen molar-refractivity contribution in [1.82, 2.24) is 4.90 Å². The van der Waals surface area contributed by atoms with Gasteiger partial charge in [0.25, 0.3) is 5.91 Å². The summed E-state index contributed by atoms with van der Waals surface area (Å²) in [5.74, 6) is -0.446. The lowest BCUT2D eigenvalue weighted by Gasteiger charge is -2.33. The number of halogens is 1. The van der Waals surface area contributed by atoms with Crippen LogP contribution in [0.1, 0.15) is 60.6 Å². The molecule has 1 fully saturated rings. The third kappa shape index (κ3) is 5.41. The molecule has 0 spiro atoms. The highest BCUT2D eigenvalue weighted by Crippen LogP contribution is 2.24. The van der Waals surface area contributed by atoms with Crippen LogP contribution in [0.4, 0.5) is 5.69 Å². The molecule has 1 saturated heterocycles. The number of anilines is 1. The van der Waals surface area contributed by atoms with Gasteiger partial charge in [0.2, 0.25) is 5.91 Å². The molecule has 3 unspecified atom stereocenters. The maximum atomic E-state index is 12.9. The van der Waals surface area contributed by atoms with Gasteiger partial charge in [0, 0.05) is 29.9 Å². The van der Waals surface area contributed by atoms with Gasteiger partial charge in [0.1, 0.15) is 0 Å². The summed E-state index contributed by atoms with van der Waals surface area (Å²) in [5.41, 5.74) is 9.47. The summed E-state index contributed by atoms with van der Waals surface area (Å²) in [6, 6.07) is 15.0. The standard InChI is InChI=1S/C24H31N3O2.ClH/c1-16-15-20(24(29)27-14-8-7-9-17(27)2)12-13-21(16)26-23(28)18(3)22(25)19-10-5-4-6-11-19;/h4-6,10-13,15,17-18,22H,7-9,14,25H2,1-3H3,(H,26,28);1H. The number of nitrogens with one attached hydrogen (secondary N) is 1. The van der Waals surface area contributed by atoms with Crippen molar-refractivity contribution in [2.75, 3.05) is 11.9 Å². The quantitative estimate of drug-likeness (QED) is 0.722. The number of amides is 2. The Bertz CT molecular complexity index is 872. The number of nitrogens with two attached hydrogens (primary N) is 1. The number of likely N-dealkylation sites (tertiary alicyclic amines) is 1. The van der Waals surface area contributed by atoms with Crippen LogP contribution in [0.5, 0.6) is 0 Å². The summed E-state index contributed by atoms with van der Waals surface area (Å²) < 4.78 is 0. The highest BCUT2D eigenvalue weighted by atomic mass is 35.5. The molecule has 1 aliphatic rings. The Balaban J connectivity index is 0.00000320. The smallest absolute Gasteiger partial charge is 0.254 e. The second kappa shape index (κ2) is 10.6. The number of piperidine rings is 1. The van der Waals surface area contributed by atoms with Crippen molar-refractivity contribution >= 4 is 29.9 Å². The van der Waals surface area contributed by atoms with Crippen LogP contribution in [0.25, 0.3) is 0 Å². The lowest BCUT2D eigenvalue weighted by atomic mass is 9.94. The Kier molecular flexibility index (Phi) is 8.44. The molecule has 1 aliphatic heterocycles. The van der Waals surface area contributed by atoms with Crippen molar-refractivity contribution in [3.63, 3.8) is 0 Å². The van der Waals surface area contributed by atoms with E-state index in [1.165, 1.54) is 6.42 Å². The average Bonchev–Trinajstić information content (AvgIpc) is 2.74. The van der Waals surface area contributed by atoms with Gasteiger partial charge in [-0.2, -0.15) is 0 Å². The maximum Gasteiger partial charge on any atom is 0.254 e. The highest BCUT2D eigenvalue weighted by Gasteiger charge is 2.25. The van der Waals surface area contributed by atoms with Gasteiger partial charge in [-0.05, 0) is 62.4 Å². The summed E-state index contributed by atoms with van der Waals surface area (Å²) in [5, 5.41) is 2.97. The van der Waals surface area contributed by atoms with Gasteiger partial charge in [0.15, 0.2) is 0 Å². The lowest BCUT2D eigenvalue weighted by molar-refractivity contribution is -0.120. The van der Waals surface area contributed by atoms with Gasteiger partial charge in [-0.15, -0.1) is 12.4 Å². The van der Waals surface area contributed by atoms with Crippen molar-refractivity contribution in [3.8, 4) is 0 Å². The highest BCUT2D eigenvalue weighted by molar-refractivity contribution is 5.97. The summed E-state index contributed by atoms with van der Waals surface area (Å²) in [6.07, 6.45) is 3.29. The van der Waals surface area contributed by atoms with Crippen molar-refractivity contribution in [3.05, 3.63) is 65.2 Å². The fraction of sp³-hybridized carbons (Fsp3) is 0.417. The predicted octanol–water partition coefficient (Wildman–Crippen LogP) is 4.71. The van der Waals surface area contributed by atoms with Gasteiger partial charge in [-0.25, -0.2) is 0 Å². The third-order valence-electron chi connectivity index (χ3n) is 5.93. The van der Waals surface area contributed by atoms with E-state index < -0.39 is 0 Å². The zero-order valence-electron chi connectivity index (χ0n) is 17.9. The number of aryl methyl sites for hydroxylation is 1. The van der Waals surface area contributed by atoms with Crippen molar-refractivity contribution in [2.24, 2.45) is 11.7 Å². The summed E-state index contributed by atoms with van der Waals surface area (Å²) >= 11 is 0. The van der Waals surface area contributed by atoms with Gasteiger partial charge < -0.3 is 16.0 Å². The van der Waals surface area contributed by atoms with E-state index in [4.69, 9.17) is 5.73 Å². The average molecular weight is 430 g/mol. The predicted molar refractivity (Wildman–Crippen MR) is 124 cm³/mol. The SMILES string of the molecule is Cc1cc(C(=O)N2CCCCC2C)ccc1NC(=O)C(C)C(N)c1ccccc1.Cl. The zero-order valence-corrected chi connectivity index (χ0v) is 18.7. The zero-order chi connectivity index (χ0) is 21.0. The maximum absolute atomic E-state index is 12.9. The molecule has 162 valence electrons. The van der Waals surface area contributed by atoms with Gasteiger partial charge >= 0.3 is 0 Å². The van der Waals surface area contributed by atoms with E-state index in [0.29, 0.717) is 11.3 Å². The molecule has 2 amide bonds. The molecule has 3 atom stereocenters. The molecule has 30 heavy (non-hydrogen) atoms. The minimum absolute atomic E-state index is 0. The molecule has 6 heteroatoms. The molecule has 0 bridgehead atoms. The molecule has 2 aromatic carbocycles. The molecule has 2 aromatic rings. The largest absolute Gasteiger partial charge is 0.336 e. The van der Waals surface area contributed by atoms with Crippen molar-refractivity contribution < 1.29 is 9.59 Å². The van der Waals surface area contributed by atoms with E-state index in [2.05, 4.69) is 12.2 Å². The second-order valence-corrected chi connectivity index (χ2v) is 8.09. The third-order valence-corrected chi connectivity index (χ3v) is 5.93. The number of rotatable bonds is 5. The van der Waals surface area contributed by atoms with E-state index in [1.807, 2.05) is 61.2 Å². The molecule has 3 rings (SSSR count). The Morgan fingerprint density at radius 2 is 1.83 bits per heavy atom. The fourth-order valence-electron chi connectivity index (χ4n) is 3.88. The number of carbonyl (C=O) groups excluding carboxylic acids is 2. The topological polar surface area (TPSA) is 75.4 Å². The first kappa shape index (κ1) is 23.9. The van der Waals surface area contributed by atoms with E-state index in [9.17, 15) is 9.59 Å². The van der Waals surface area contributed by atoms with Crippen LogP contribution in [-0.2, 0) is 4.79 Å². The summed E-state index contributed by atoms with van der Waals surface area (Å²) in [4.78, 5) is 27.6. The van der Waals surface area contributed by atoms with E-state index >= 15 is 0 Å². The Hall–Kier alpha value is -2.37. The van der Waals surface area contributed by atoms with Crippen LogP contribution < -0.4 is 11.1 Å². The van der Waals surface area contributed by atoms with E-state index in [-0.39, 0.29) is 42.2 Å². The number of hydrogen-bond donors (Lipinski definition) is 2. The second-order valence-electron chi connectivity index (χ2n) is 8.09. The Morgan fingerprint density at radius 3 is 2.47 bits per heavy atom. The van der Waals surface area contributed by atoms with Crippen LogP contribution in [0.2, 0.25) is 0 Å². The molecular formula is C24H32ClN3O2. The van der Waals surface area contributed by atoms with Crippen LogP contribution in [-0.4, -0.2) is 29.3 Å². The first-order chi connectivity index (χ1) is 13.9. The number of carbonyl (C=O) groups is 2. The summed E-state index contributed by atoms with van der Waals surface area (Å²) in [7, 11) is 0. The molecule has 0 radical (unpaired) electrons. The molecule has 0 aliphatic carbocycles. The Labute approximate surface area is 185 Å². The number of benzene rings is 2. The van der Waals surface area contributed by atoms with Gasteiger partial charge in [-0.3, -0.25) is 9.59 Å². The van der Waals surface area contributed by atoms with Crippen LogP contribution in [0.3, 0.4) is 0 Å². The number of nitrogens with zero attached hydrogens (tertiary/aromatic N) is 1. The first-order valence-electron chi connectivity index (χ1n) is 10.4. The molecule has 0 aromatic heterocycles. The van der Waals surface area contributed by atoms with Gasteiger partial charge in [0.05, 0.1) is 5.92 Å². The van der Waals surface area contributed by atoms with Crippen LogP contribution in [0.15, 0.2) is 48.5 Å². The minimum Gasteiger partial charge on any atom is -0.336 e.